The van der Waals surface area contributed by atoms with E-state index >= 15 is 0 Å². The number of aliphatic hydroxyl groups is 1. The molecular formula is C55H95BrClCuMgN6O3S. The van der Waals surface area contributed by atoms with E-state index in [0.717, 1.165) is 82.1 Å². The molecular weight excluding hydrogens is 1030 g/mol. The van der Waals surface area contributed by atoms with Gasteiger partial charge in [0.25, 0.3) is 0 Å². The summed E-state index contributed by atoms with van der Waals surface area (Å²) in [5.74, 6) is 3.87. The second kappa shape index (κ2) is 36.6. The summed E-state index contributed by atoms with van der Waals surface area (Å²) in [6.45, 7) is 53.1. The Morgan fingerprint density at radius 2 is 1.14 bits per heavy atom. The van der Waals surface area contributed by atoms with Crippen molar-refractivity contribution in [1.29, 1.82) is 0 Å². The number of allylic oxidation sites excluding steroid dienone is 6. The molecule has 14 heteroatoms. The van der Waals surface area contributed by atoms with Crippen molar-refractivity contribution in [2.45, 2.75) is 198 Å². The van der Waals surface area contributed by atoms with E-state index in [0.29, 0.717) is 52.5 Å². The van der Waals surface area contributed by atoms with Crippen LogP contribution in [0.1, 0.15) is 188 Å². The smallest absolute Gasteiger partial charge is 2.00 e. The number of azide groups is 2. The molecule has 0 bridgehead atoms. The molecule has 0 heterocycles. The molecule has 1 N–H and O–H groups in total. The molecule has 4 saturated carbocycles. The Morgan fingerprint density at radius 3 is 1.51 bits per heavy atom. The van der Waals surface area contributed by atoms with Crippen molar-refractivity contribution in [2.24, 2.45) is 66.3 Å². The molecule has 0 radical (unpaired) electrons. The van der Waals surface area contributed by atoms with E-state index in [9.17, 15) is 14.7 Å². The molecule has 9 nitrogen and oxygen atoms in total. The minimum absolute atomic E-state index is 0. The normalized spacial score (nSPS) is 34.8. The average Bonchev–Trinajstić information content (AvgIpc) is 3.19. The van der Waals surface area contributed by atoms with Crippen molar-refractivity contribution >= 4 is 56.7 Å². The first-order valence-electron chi connectivity index (χ1n) is 24.6. The van der Waals surface area contributed by atoms with Gasteiger partial charge in [0.1, 0.15) is 5.78 Å². The Balaban J connectivity index is -0.000000239. The number of carbonyl (C=O) groups excluding carboxylic acids is 2. The predicted molar refractivity (Wildman–Crippen MR) is 294 cm³/mol. The quantitative estimate of drug-likeness (QED) is 0.0535. The number of carbonyl (C=O) groups is 2. The van der Waals surface area contributed by atoms with Gasteiger partial charge in [0.15, 0.2) is 5.78 Å². The second-order valence-electron chi connectivity index (χ2n) is 23.4. The molecule has 0 saturated heterocycles. The van der Waals surface area contributed by atoms with Crippen molar-refractivity contribution in [2.75, 3.05) is 6.23 Å². The number of hydrogen-bond donors (Lipinski definition) is 1. The largest absolute Gasteiger partial charge is 2.00 e. The summed E-state index contributed by atoms with van der Waals surface area (Å²) in [6, 6.07) is 0. The summed E-state index contributed by atoms with van der Waals surface area (Å²) < 4.78 is 9.40. The van der Waals surface area contributed by atoms with Crippen LogP contribution in [0.4, 0.5) is 0 Å². The molecule has 5 rings (SSSR count). The average molecular weight is 1130 g/mol. The Morgan fingerprint density at radius 1 is 0.710 bits per heavy atom. The van der Waals surface area contributed by atoms with Crippen LogP contribution in [0, 0.1) is 63.2 Å². The van der Waals surface area contributed by atoms with E-state index in [-0.39, 0.29) is 68.0 Å². The molecule has 0 aromatic rings. The maximum Gasteiger partial charge on any atom is 2.00 e. The van der Waals surface area contributed by atoms with Crippen molar-refractivity contribution in [1.82, 2.24) is 0 Å². The molecule has 0 spiro atoms. The van der Waals surface area contributed by atoms with Crippen LogP contribution in [0.25, 0.3) is 20.9 Å². The van der Waals surface area contributed by atoms with Crippen LogP contribution in [0.3, 0.4) is 0 Å². The zero-order valence-electron chi connectivity index (χ0n) is 46.6. The minimum Gasteiger partial charge on any atom is 2.00 e. The summed E-state index contributed by atoms with van der Waals surface area (Å²) in [5, 5.41) is 13.9. The van der Waals surface area contributed by atoms with Gasteiger partial charge in [-0.3, -0.25) is 16.2 Å². The van der Waals surface area contributed by atoms with Gasteiger partial charge in [0.2, 0.25) is 0 Å². The fraction of sp³-hybridized carbons (Fsp3) is 0.745. The van der Waals surface area contributed by atoms with Crippen molar-refractivity contribution < 1.29 is 48.1 Å². The number of rotatable bonds is 6. The maximum absolute atomic E-state index is 11.2. The van der Waals surface area contributed by atoms with Crippen LogP contribution < -0.4 is 17.0 Å². The topological polar surface area (TPSA) is 152 Å². The number of halogens is 2. The van der Waals surface area contributed by atoms with Crippen molar-refractivity contribution in [3.63, 3.8) is 0 Å². The first-order valence-corrected chi connectivity index (χ1v) is 26.1. The minimum atomic E-state index is -0.486. The third-order valence-electron chi connectivity index (χ3n) is 13.3. The van der Waals surface area contributed by atoms with Gasteiger partial charge in [-0.05, 0) is 169 Å². The van der Waals surface area contributed by atoms with Gasteiger partial charge in [0, 0.05) is 36.0 Å². The Bertz CT molecular complexity index is 1690. The molecule has 4 fully saturated rings. The molecule has 11 atom stereocenters. The van der Waals surface area contributed by atoms with E-state index in [1.54, 1.807) is 6.08 Å². The van der Waals surface area contributed by atoms with Gasteiger partial charge in [-0.15, -0.1) is 26.3 Å². The third-order valence-corrected chi connectivity index (χ3v) is 13.5. The van der Waals surface area contributed by atoms with Crippen molar-refractivity contribution in [3.05, 3.63) is 96.3 Å². The van der Waals surface area contributed by atoms with Crippen LogP contribution >= 0.6 is 22.0 Å². The molecule has 396 valence electrons. The van der Waals surface area contributed by atoms with E-state index in [1.807, 2.05) is 39.0 Å². The molecule has 5 aliphatic rings. The summed E-state index contributed by atoms with van der Waals surface area (Å²) in [6.07, 6.45) is 24.4. The Labute approximate surface area is 468 Å². The molecule has 0 aliphatic heterocycles. The first-order chi connectivity index (χ1) is 31.3. The van der Waals surface area contributed by atoms with Crippen LogP contribution in [0.2, 0.25) is 0 Å². The Kier molecular flexibility index (Phi) is 39.5. The van der Waals surface area contributed by atoms with Crippen LogP contribution in [-0.2, 0) is 24.7 Å². The number of hydrogen-bond acceptors (Lipinski definition) is 6. The fourth-order valence-electron chi connectivity index (χ4n) is 12.4. The van der Waals surface area contributed by atoms with E-state index in [2.05, 4.69) is 166 Å². The van der Waals surface area contributed by atoms with Crippen LogP contribution in [0.15, 0.2) is 78.5 Å². The standard InChI is InChI=1S/C12H22.C11H19N3.C11H20O.C10H16O.C8H12O.C2H3.CH3N3S.BrH.ClH.Cu.Mg/c1-6-12(5)8-10(2)7-11(3,4)9-12;1-5-10(3)6-9(2)7-11(4,8-10)13-14-12;1-5-10(3)6-9(2)7-11(4,12)8-10;1-4-10(3)6-8(2)5-9(11)7-10;1-6-3-7(2)5-8(9)4-6;1-2;1-5-4-3-2;;;;/h6,10H,1,7-9H2,2-5H3;5,9H,1,6-8H2,2-4H3;5,9,12H,1,6-8H2,2-4H3;4,8H,1,5-7H2,2-3H3;4,7H,3,5H2,1-2H3;1H,2H2;1H3;2*1H;;/q;;;;;-1;;;;+1;+2/p-2/i;;;;;;1T;;;;. The second-order valence-corrected chi connectivity index (χ2v) is 23.8. The van der Waals surface area contributed by atoms with Gasteiger partial charge in [-0.2, -0.15) is 0 Å². The Hall–Kier alpha value is -1.23. The first kappa shape index (κ1) is 74.3. The van der Waals surface area contributed by atoms with Gasteiger partial charge in [-0.1, -0.05) is 130 Å². The summed E-state index contributed by atoms with van der Waals surface area (Å²) in [5.41, 5.74) is 17.9. The van der Waals surface area contributed by atoms with E-state index in [1.165, 1.54) is 24.8 Å². The van der Waals surface area contributed by atoms with Gasteiger partial charge < -0.3 is 28.7 Å². The van der Waals surface area contributed by atoms with Gasteiger partial charge in [0.05, 0.1) is 5.60 Å². The van der Waals surface area contributed by atoms with Gasteiger partial charge in [-0.25, -0.2) is 0 Å². The molecule has 11 unspecified atom stereocenters. The van der Waals surface area contributed by atoms with Crippen molar-refractivity contribution in [3.8, 4) is 0 Å². The fourth-order valence-corrected chi connectivity index (χ4v) is 12.4. The summed E-state index contributed by atoms with van der Waals surface area (Å²) >= 11 is 4.54. The molecule has 69 heavy (non-hydrogen) atoms. The monoisotopic (exact) mass is 1120 g/mol. The van der Waals surface area contributed by atoms with E-state index in [4.69, 9.17) is 12.4 Å². The molecule has 5 aliphatic carbocycles. The van der Waals surface area contributed by atoms with Crippen LogP contribution in [-0.4, -0.2) is 57.1 Å². The summed E-state index contributed by atoms with van der Waals surface area (Å²) in [7, 11) is 4.20. The predicted octanol–water partition coefficient (Wildman–Crippen LogP) is 14.8. The SMILES string of the molecule is C=CC1(C)CC(=O)CC(C)C1.C=CC1(C)CC(C)CC(C)(C)C1.C=CC1(C)CC(C)CC(C)(N=[N+]=[N-])C1.C=CC1(C)CC(C)CC(C)(O)C1.CC1=CC(=O)CC(C)C1.[3H]CSN=[N+]=[N-].[Br-].[CH-]=C.[Cl][Cu].[Mg+2]. The van der Waals surface area contributed by atoms with Gasteiger partial charge >= 0.3 is 48.3 Å². The number of Topliss-reactive ketones (excluding diaryl/α,β-unsaturated/α-hetero) is 1. The molecule has 0 aromatic heterocycles. The molecule has 0 amide bonds. The number of ketones is 2. The zero-order chi connectivity index (χ0) is 53.8. The third kappa shape index (κ3) is 34.0. The van der Waals surface area contributed by atoms with Crippen LogP contribution in [0.5, 0.6) is 0 Å². The number of nitrogens with zero attached hydrogens (tertiary/aromatic N) is 6. The van der Waals surface area contributed by atoms with E-state index < -0.39 is 5.60 Å². The zero-order valence-corrected chi connectivity index (χ0v) is 51.1. The maximum atomic E-state index is 11.2. The molecule has 0 aromatic carbocycles. The summed E-state index contributed by atoms with van der Waals surface area (Å²) in [4.78, 5) is 27.4.